The van der Waals surface area contributed by atoms with Crippen LogP contribution in [0.4, 0.5) is 0 Å². The second-order valence-corrected chi connectivity index (χ2v) is 8.64. The summed E-state index contributed by atoms with van der Waals surface area (Å²) in [4.78, 5) is 0. The summed E-state index contributed by atoms with van der Waals surface area (Å²) in [5.41, 5.74) is 0. The third-order valence-corrected chi connectivity index (χ3v) is 7.02. The highest BCUT2D eigenvalue weighted by Crippen LogP contribution is 2.45. The predicted molar refractivity (Wildman–Crippen MR) is 92.4 cm³/mol. The molecule has 21 heavy (non-hydrogen) atoms. The summed E-state index contributed by atoms with van der Waals surface area (Å²) in [5.74, 6) is 4.60. The van der Waals surface area contributed by atoms with E-state index >= 15 is 0 Å². The molecule has 0 nitrogen and oxygen atoms in total. The van der Waals surface area contributed by atoms with Crippen LogP contribution in [0.15, 0.2) is 0 Å². The largest absolute Gasteiger partial charge is 0.0533 e. The Kier molecular flexibility index (Phi) is 6.49. The van der Waals surface area contributed by atoms with Crippen molar-refractivity contribution in [1.29, 1.82) is 0 Å². The minimum absolute atomic E-state index is 1.12. The van der Waals surface area contributed by atoms with Crippen molar-refractivity contribution in [3.8, 4) is 0 Å². The first-order chi connectivity index (χ1) is 10.4. The molecule has 0 aromatic carbocycles. The van der Waals surface area contributed by atoms with Crippen molar-refractivity contribution in [3.05, 3.63) is 0 Å². The van der Waals surface area contributed by atoms with E-state index < -0.39 is 0 Å². The van der Waals surface area contributed by atoms with Gasteiger partial charge in [0.25, 0.3) is 0 Å². The summed E-state index contributed by atoms with van der Waals surface area (Å²) in [7, 11) is 0. The molecule has 2 bridgehead atoms. The van der Waals surface area contributed by atoms with Gasteiger partial charge in [0, 0.05) is 0 Å². The minimum atomic E-state index is 1.12. The first kappa shape index (κ1) is 15.9. The molecule has 5 aliphatic carbocycles. The molecular formula is C21H38. The maximum atomic E-state index is 1.58. The van der Waals surface area contributed by atoms with Gasteiger partial charge in [-0.25, -0.2) is 0 Å². The first-order valence-corrected chi connectivity index (χ1v) is 10.4. The van der Waals surface area contributed by atoms with Crippen LogP contribution in [-0.4, -0.2) is 0 Å². The fraction of sp³-hybridized carbons (Fsp3) is 1.00. The zero-order valence-electron chi connectivity index (χ0n) is 14.3. The van der Waals surface area contributed by atoms with Gasteiger partial charge in [0.2, 0.25) is 0 Å². The quantitative estimate of drug-likeness (QED) is 0.451. The van der Waals surface area contributed by atoms with E-state index in [1.807, 2.05) is 0 Å². The van der Waals surface area contributed by atoms with Gasteiger partial charge in [-0.15, -0.1) is 0 Å². The molecule has 0 spiro atoms. The number of rotatable bonds is 1. The number of hydrogen-bond acceptors (Lipinski definition) is 0. The van der Waals surface area contributed by atoms with Crippen molar-refractivity contribution < 1.29 is 0 Å². The normalized spacial score (nSPS) is 34.9. The van der Waals surface area contributed by atoms with Gasteiger partial charge >= 0.3 is 0 Å². The van der Waals surface area contributed by atoms with Crippen LogP contribution >= 0.6 is 0 Å². The van der Waals surface area contributed by atoms with Crippen LogP contribution in [0.2, 0.25) is 0 Å². The molecule has 0 heterocycles. The monoisotopic (exact) mass is 290 g/mol. The summed E-state index contributed by atoms with van der Waals surface area (Å²) in [6.45, 7) is 0. The Bertz CT molecular complexity index is 228. The van der Waals surface area contributed by atoms with Crippen LogP contribution in [0.1, 0.15) is 109 Å². The van der Waals surface area contributed by atoms with E-state index in [-0.39, 0.29) is 0 Å². The molecule has 0 aliphatic heterocycles. The number of hydrogen-bond donors (Lipinski definition) is 0. The topological polar surface area (TPSA) is 0 Å². The predicted octanol–water partition coefficient (Wildman–Crippen LogP) is 7.12. The SMILES string of the molecule is C1CC2CC(C1)C2.C1CCCC(C2CCCCCC2)CC1. The minimum Gasteiger partial charge on any atom is -0.0533 e. The van der Waals surface area contributed by atoms with Crippen LogP contribution in [-0.2, 0) is 0 Å². The van der Waals surface area contributed by atoms with E-state index in [1.165, 1.54) is 69.6 Å². The lowest BCUT2D eigenvalue weighted by molar-refractivity contribution is 0.116. The van der Waals surface area contributed by atoms with Gasteiger partial charge in [0.1, 0.15) is 0 Å². The molecule has 0 saturated heterocycles. The summed E-state index contributed by atoms with van der Waals surface area (Å²) in [5, 5.41) is 0. The highest BCUT2D eigenvalue weighted by molar-refractivity contribution is 4.84. The molecule has 5 rings (SSSR count). The molecular weight excluding hydrogens is 252 g/mol. The molecule has 0 N–H and O–H groups in total. The Morgan fingerprint density at radius 3 is 0.952 bits per heavy atom. The van der Waals surface area contributed by atoms with Crippen LogP contribution in [0, 0.1) is 23.7 Å². The Morgan fingerprint density at radius 2 is 0.714 bits per heavy atom. The van der Waals surface area contributed by atoms with Crippen molar-refractivity contribution in [2.24, 2.45) is 23.7 Å². The third kappa shape index (κ3) is 5.00. The zero-order valence-corrected chi connectivity index (χ0v) is 14.3. The van der Waals surface area contributed by atoms with Crippen LogP contribution < -0.4 is 0 Å². The summed E-state index contributed by atoms with van der Waals surface area (Å²) in [6.07, 6.45) is 26.2. The van der Waals surface area contributed by atoms with Gasteiger partial charge in [0.05, 0.1) is 0 Å². The van der Waals surface area contributed by atoms with Gasteiger partial charge in [-0.1, -0.05) is 96.3 Å². The van der Waals surface area contributed by atoms with E-state index in [1.54, 1.807) is 51.4 Å². The fourth-order valence-corrected chi connectivity index (χ4v) is 5.61. The maximum Gasteiger partial charge on any atom is -0.0386 e. The standard InChI is InChI=1S/C14H26.C7H12/c1-2-6-10-13(9-5-1)14-11-7-3-4-8-12-14;1-2-6-4-7(3-1)5-6/h13-14H,1-12H2;6-7H,1-5H2. The molecule has 5 saturated carbocycles. The molecule has 5 fully saturated rings. The molecule has 0 unspecified atom stereocenters. The lowest BCUT2D eigenvalue weighted by atomic mass is 9.65. The highest BCUT2D eigenvalue weighted by atomic mass is 14.4. The Morgan fingerprint density at radius 1 is 0.333 bits per heavy atom. The van der Waals surface area contributed by atoms with Crippen molar-refractivity contribution in [2.75, 3.05) is 0 Å². The Hall–Kier alpha value is 0. The zero-order chi connectivity index (χ0) is 14.3. The van der Waals surface area contributed by atoms with Crippen molar-refractivity contribution in [3.63, 3.8) is 0 Å². The van der Waals surface area contributed by atoms with E-state index in [0.29, 0.717) is 0 Å². The molecule has 0 aromatic rings. The average Bonchev–Trinajstić information content (AvgIpc) is 2.93. The molecule has 0 aromatic heterocycles. The molecule has 5 aliphatic rings. The summed E-state index contributed by atoms with van der Waals surface area (Å²) < 4.78 is 0. The van der Waals surface area contributed by atoms with E-state index in [2.05, 4.69) is 0 Å². The lowest BCUT2D eigenvalue weighted by Gasteiger charge is -2.40. The molecule has 0 atom stereocenters. The second-order valence-electron chi connectivity index (χ2n) is 8.64. The first-order valence-electron chi connectivity index (χ1n) is 10.4. The fourth-order valence-electron chi connectivity index (χ4n) is 5.61. The highest BCUT2D eigenvalue weighted by Gasteiger charge is 2.32. The molecule has 0 radical (unpaired) electrons. The van der Waals surface area contributed by atoms with Crippen molar-refractivity contribution in [1.82, 2.24) is 0 Å². The average molecular weight is 291 g/mol. The summed E-state index contributed by atoms with van der Waals surface area (Å²) >= 11 is 0. The van der Waals surface area contributed by atoms with E-state index in [0.717, 1.165) is 11.8 Å². The van der Waals surface area contributed by atoms with Gasteiger partial charge in [-0.3, -0.25) is 0 Å². The number of fused-ring (bicyclic) bond motifs is 2. The van der Waals surface area contributed by atoms with Crippen molar-refractivity contribution >= 4 is 0 Å². The van der Waals surface area contributed by atoms with Crippen LogP contribution in [0.5, 0.6) is 0 Å². The lowest BCUT2D eigenvalue weighted by Crippen LogP contribution is -2.28. The third-order valence-electron chi connectivity index (χ3n) is 7.02. The van der Waals surface area contributed by atoms with Gasteiger partial charge in [-0.2, -0.15) is 0 Å². The maximum absolute atomic E-state index is 1.58. The smallest absolute Gasteiger partial charge is 0.0386 e. The molecule has 122 valence electrons. The van der Waals surface area contributed by atoms with Gasteiger partial charge in [0.15, 0.2) is 0 Å². The van der Waals surface area contributed by atoms with Crippen LogP contribution in [0.25, 0.3) is 0 Å². The van der Waals surface area contributed by atoms with Crippen LogP contribution in [0.3, 0.4) is 0 Å². The Balaban J connectivity index is 0.000000156. The van der Waals surface area contributed by atoms with Crippen molar-refractivity contribution in [2.45, 2.75) is 109 Å². The molecule has 0 amide bonds. The van der Waals surface area contributed by atoms with Gasteiger partial charge in [-0.05, 0) is 36.5 Å². The molecule has 0 heteroatoms. The van der Waals surface area contributed by atoms with E-state index in [9.17, 15) is 0 Å². The summed E-state index contributed by atoms with van der Waals surface area (Å²) in [6, 6.07) is 0. The van der Waals surface area contributed by atoms with E-state index in [4.69, 9.17) is 0 Å². The van der Waals surface area contributed by atoms with Gasteiger partial charge < -0.3 is 0 Å². The second kappa shape index (κ2) is 8.59. The Labute approximate surface area is 133 Å².